The summed E-state index contributed by atoms with van der Waals surface area (Å²) in [6.07, 6.45) is 20.3. The number of hydrogen-bond donors (Lipinski definition) is 1. The van der Waals surface area contributed by atoms with Crippen LogP contribution in [0.25, 0.3) is 0 Å². The number of benzene rings is 1. The van der Waals surface area contributed by atoms with E-state index in [1.807, 2.05) is 0 Å². The van der Waals surface area contributed by atoms with Gasteiger partial charge in [0, 0.05) is 24.9 Å². The molecule has 1 amide bonds. The average Bonchev–Trinajstić information content (AvgIpc) is 2.75. The lowest BCUT2D eigenvalue weighted by atomic mass is 10.1. The first-order valence-corrected chi connectivity index (χ1v) is 12.8. The number of nitrogens with zero attached hydrogens (tertiary/aromatic N) is 1. The molecule has 0 radical (unpaired) electrons. The van der Waals surface area contributed by atoms with Gasteiger partial charge in [0.2, 0.25) is 5.91 Å². The van der Waals surface area contributed by atoms with E-state index < -0.39 is 0 Å². The van der Waals surface area contributed by atoms with Gasteiger partial charge in [0.25, 0.3) is 0 Å². The Bertz CT molecular complexity index is 580. The normalized spacial score (nSPS) is 11.8. The molecular formula is C28H49N2O+. The predicted octanol–water partition coefficient (Wildman–Crippen LogP) is 7.03. The molecule has 3 heteroatoms. The third kappa shape index (κ3) is 16.7. The molecule has 0 aliphatic carbocycles. The second-order valence-corrected chi connectivity index (χ2v) is 9.63. The summed E-state index contributed by atoms with van der Waals surface area (Å²) < 4.78 is 0.952. The highest BCUT2D eigenvalue weighted by atomic mass is 16.1. The second kappa shape index (κ2) is 18.0. The van der Waals surface area contributed by atoms with Crippen LogP contribution in [0.3, 0.4) is 0 Å². The first kappa shape index (κ1) is 27.4. The summed E-state index contributed by atoms with van der Waals surface area (Å²) >= 11 is 0. The van der Waals surface area contributed by atoms with Crippen LogP contribution in [0.2, 0.25) is 0 Å². The Morgan fingerprint density at radius 2 is 1.45 bits per heavy atom. The van der Waals surface area contributed by atoms with Crippen molar-refractivity contribution in [2.24, 2.45) is 0 Å². The van der Waals surface area contributed by atoms with Crippen LogP contribution >= 0.6 is 0 Å². The Kier molecular flexibility index (Phi) is 15.9. The van der Waals surface area contributed by atoms with Crippen LogP contribution in [0.1, 0.15) is 96.0 Å². The van der Waals surface area contributed by atoms with Gasteiger partial charge in [0.15, 0.2) is 0 Å². The Labute approximate surface area is 192 Å². The number of nitrogens with one attached hydrogen (secondary N) is 1. The molecule has 1 aromatic carbocycles. The molecule has 3 nitrogen and oxygen atoms in total. The molecular weight excluding hydrogens is 380 g/mol. The van der Waals surface area contributed by atoms with Gasteiger partial charge in [-0.1, -0.05) is 87.9 Å². The van der Waals surface area contributed by atoms with Crippen molar-refractivity contribution in [1.29, 1.82) is 0 Å². The molecule has 1 rings (SSSR count). The zero-order valence-electron chi connectivity index (χ0n) is 20.7. The van der Waals surface area contributed by atoms with E-state index >= 15 is 0 Å². The molecule has 0 aliphatic rings. The molecule has 0 spiro atoms. The van der Waals surface area contributed by atoms with Crippen molar-refractivity contribution in [1.82, 2.24) is 5.32 Å². The molecule has 0 saturated heterocycles. The van der Waals surface area contributed by atoms with Gasteiger partial charge in [0.1, 0.15) is 6.54 Å². The molecule has 0 bridgehead atoms. The average molecular weight is 430 g/mol. The van der Waals surface area contributed by atoms with Crippen LogP contribution in [0, 0.1) is 0 Å². The maximum Gasteiger partial charge on any atom is 0.219 e. The fourth-order valence-electron chi connectivity index (χ4n) is 3.98. The molecule has 0 aliphatic heterocycles. The minimum Gasteiger partial charge on any atom is -0.356 e. The zero-order chi connectivity index (χ0) is 22.6. The minimum atomic E-state index is 0.222. The summed E-state index contributed by atoms with van der Waals surface area (Å²) in [6, 6.07) is 10.6. The van der Waals surface area contributed by atoms with Crippen LogP contribution in [-0.4, -0.2) is 37.6 Å². The number of carbonyl (C=O) groups is 1. The SMILES string of the molecule is CCCCCC/C=C/CCCCCCCC(=O)NCCC[N+](C)(C)Cc1ccccc1. The number of allylic oxidation sites excluding steroid dienone is 2. The Hall–Kier alpha value is -1.61. The molecule has 1 N–H and O–H groups in total. The summed E-state index contributed by atoms with van der Waals surface area (Å²) in [5.41, 5.74) is 1.37. The topological polar surface area (TPSA) is 29.1 Å². The van der Waals surface area contributed by atoms with E-state index in [0.717, 1.165) is 37.0 Å². The quantitative estimate of drug-likeness (QED) is 0.143. The van der Waals surface area contributed by atoms with Gasteiger partial charge in [-0.15, -0.1) is 0 Å². The van der Waals surface area contributed by atoms with E-state index in [1.165, 1.54) is 69.8 Å². The number of hydrogen-bond acceptors (Lipinski definition) is 1. The molecule has 0 atom stereocenters. The van der Waals surface area contributed by atoms with Crippen LogP contribution in [0.15, 0.2) is 42.5 Å². The van der Waals surface area contributed by atoms with E-state index in [4.69, 9.17) is 0 Å². The molecule has 0 heterocycles. The number of rotatable bonds is 19. The van der Waals surface area contributed by atoms with Gasteiger partial charge in [-0.2, -0.15) is 0 Å². The summed E-state index contributed by atoms with van der Waals surface area (Å²) in [4.78, 5) is 12.0. The van der Waals surface area contributed by atoms with Gasteiger partial charge < -0.3 is 9.80 Å². The van der Waals surface area contributed by atoms with Crippen LogP contribution in [0.5, 0.6) is 0 Å². The Morgan fingerprint density at radius 3 is 2.13 bits per heavy atom. The van der Waals surface area contributed by atoms with Gasteiger partial charge in [-0.3, -0.25) is 4.79 Å². The van der Waals surface area contributed by atoms with Crippen molar-refractivity contribution in [3.05, 3.63) is 48.0 Å². The summed E-state index contributed by atoms with van der Waals surface area (Å²) in [6.45, 7) is 5.16. The fraction of sp³-hybridized carbons (Fsp3) is 0.679. The van der Waals surface area contributed by atoms with Gasteiger partial charge in [-0.05, 0) is 32.1 Å². The molecule has 0 fully saturated rings. The van der Waals surface area contributed by atoms with Crippen molar-refractivity contribution >= 4 is 5.91 Å². The molecule has 31 heavy (non-hydrogen) atoms. The van der Waals surface area contributed by atoms with Crippen molar-refractivity contribution in [3.63, 3.8) is 0 Å². The van der Waals surface area contributed by atoms with E-state index in [1.54, 1.807) is 0 Å². The van der Waals surface area contributed by atoms with Crippen LogP contribution in [-0.2, 0) is 11.3 Å². The fourth-order valence-corrected chi connectivity index (χ4v) is 3.98. The van der Waals surface area contributed by atoms with Crippen molar-refractivity contribution < 1.29 is 9.28 Å². The largest absolute Gasteiger partial charge is 0.356 e. The smallest absolute Gasteiger partial charge is 0.219 e. The number of carbonyl (C=O) groups excluding carboxylic acids is 1. The molecule has 1 aromatic rings. The third-order valence-electron chi connectivity index (χ3n) is 5.88. The van der Waals surface area contributed by atoms with E-state index in [9.17, 15) is 4.79 Å². The third-order valence-corrected chi connectivity index (χ3v) is 5.88. The van der Waals surface area contributed by atoms with Gasteiger partial charge >= 0.3 is 0 Å². The van der Waals surface area contributed by atoms with E-state index in [2.05, 4.69) is 68.8 Å². The maximum absolute atomic E-state index is 12.0. The molecule has 0 aromatic heterocycles. The Morgan fingerprint density at radius 1 is 0.839 bits per heavy atom. The predicted molar refractivity (Wildman–Crippen MR) is 135 cm³/mol. The number of amides is 1. The summed E-state index contributed by atoms with van der Waals surface area (Å²) in [5.74, 6) is 0.222. The van der Waals surface area contributed by atoms with Gasteiger partial charge in [-0.25, -0.2) is 0 Å². The standard InChI is InChI=1S/C28H48N2O/c1-4-5-6-7-8-9-10-11-12-13-14-15-19-23-28(31)29-24-20-25-30(2,3)26-27-21-17-16-18-22-27/h9-10,16-18,21-22H,4-8,11-15,19-20,23-26H2,1-3H3/p+1/b10-9+. The second-order valence-electron chi connectivity index (χ2n) is 9.63. The van der Waals surface area contributed by atoms with Crippen LogP contribution < -0.4 is 5.32 Å². The highest BCUT2D eigenvalue weighted by molar-refractivity contribution is 5.75. The van der Waals surface area contributed by atoms with E-state index in [-0.39, 0.29) is 5.91 Å². The highest BCUT2D eigenvalue weighted by Crippen LogP contribution is 2.10. The summed E-state index contributed by atoms with van der Waals surface area (Å²) in [7, 11) is 4.52. The monoisotopic (exact) mass is 429 g/mol. The lowest BCUT2D eigenvalue weighted by molar-refractivity contribution is -0.903. The number of unbranched alkanes of at least 4 members (excludes halogenated alkanes) is 9. The van der Waals surface area contributed by atoms with Crippen LogP contribution in [0.4, 0.5) is 0 Å². The lowest BCUT2D eigenvalue weighted by Gasteiger charge is -2.30. The Balaban J connectivity index is 1.92. The van der Waals surface area contributed by atoms with Gasteiger partial charge in [0.05, 0.1) is 20.6 Å². The highest BCUT2D eigenvalue weighted by Gasteiger charge is 2.15. The van der Waals surface area contributed by atoms with E-state index in [0.29, 0.717) is 6.42 Å². The zero-order valence-corrected chi connectivity index (χ0v) is 20.7. The first-order valence-electron chi connectivity index (χ1n) is 12.8. The van der Waals surface area contributed by atoms with Crippen molar-refractivity contribution in [2.75, 3.05) is 27.2 Å². The minimum absolute atomic E-state index is 0.222. The maximum atomic E-state index is 12.0. The van der Waals surface area contributed by atoms with Crippen molar-refractivity contribution in [2.45, 2.75) is 96.9 Å². The molecule has 0 saturated carbocycles. The lowest BCUT2D eigenvalue weighted by Crippen LogP contribution is -2.41. The summed E-state index contributed by atoms with van der Waals surface area (Å²) in [5, 5.41) is 3.10. The molecule has 0 unspecified atom stereocenters. The number of quaternary nitrogens is 1. The van der Waals surface area contributed by atoms with Crippen molar-refractivity contribution in [3.8, 4) is 0 Å². The molecule has 176 valence electrons. The first-order chi connectivity index (χ1) is 15.0.